The van der Waals surface area contributed by atoms with E-state index in [1.165, 1.54) is 11.8 Å². The molecule has 0 aliphatic carbocycles. The summed E-state index contributed by atoms with van der Waals surface area (Å²) < 4.78 is 43.8. The normalized spacial score (nSPS) is 17.1. The van der Waals surface area contributed by atoms with Crippen LogP contribution in [0.5, 0.6) is 0 Å². The summed E-state index contributed by atoms with van der Waals surface area (Å²) in [5.41, 5.74) is 0. The maximum atomic E-state index is 12.9. The number of guanidine groups is 1. The van der Waals surface area contributed by atoms with E-state index < -0.39 is 12.2 Å². The van der Waals surface area contributed by atoms with Crippen LogP contribution in [-0.4, -0.2) is 82.9 Å². The van der Waals surface area contributed by atoms with Gasteiger partial charge in [0.2, 0.25) is 5.82 Å². The average Bonchev–Trinajstić information content (AvgIpc) is 3.36. The molecule has 0 bridgehead atoms. The van der Waals surface area contributed by atoms with Crippen molar-refractivity contribution in [3.05, 3.63) is 24.2 Å². The fourth-order valence-corrected chi connectivity index (χ4v) is 3.08. The van der Waals surface area contributed by atoms with Gasteiger partial charge in [0.15, 0.2) is 11.7 Å². The quantitative estimate of drug-likeness (QED) is 0.353. The average molecular weight is 527 g/mol. The van der Waals surface area contributed by atoms with E-state index in [0.717, 1.165) is 0 Å². The van der Waals surface area contributed by atoms with Gasteiger partial charge in [0.25, 0.3) is 0 Å². The number of aliphatic imine (C=N–C) groups is 1. The minimum atomic E-state index is -4.20. The van der Waals surface area contributed by atoms with Crippen molar-refractivity contribution < 1.29 is 17.6 Å². The van der Waals surface area contributed by atoms with Gasteiger partial charge in [-0.15, -0.1) is 24.0 Å². The van der Waals surface area contributed by atoms with Crippen LogP contribution < -0.4 is 5.32 Å². The van der Waals surface area contributed by atoms with Crippen molar-refractivity contribution in [3.63, 3.8) is 0 Å². The molecule has 1 unspecified atom stereocenters. The smallest absolute Gasteiger partial charge is 0.403 e. The number of nitrogens with one attached hydrogen (secondary N) is 2. The van der Waals surface area contributed by atoms with Gasteiger partial charge in [-0.1, -0.05) is 0 Å². The van der Waals surface area contributed by atoms with Crippen molar-refractivity contribution in [2.45, 2.75) is 25.6 Å². The molecule has 29 heavy (non-hydrogen) atoms. The SMILES string of the molecule is CN=C(NCCc1nc(-c2ccco2)n[nH]1)N1CCN(C(C)C(F)(F)F)CC1.I. The van der Waals surface area contributed by atoms with E-state index in [-0.39, 0.29) is 24.0 Å². The lowest BCUT2D eigenvalue weighted by atomic mass is 10.2. The van der Waals surface area contributed by atoms with Crippen LogP contribution in [0, 0.1) is 0 Å². The summed E-state index contributed by atoms with van der Waals surface area (Å²) in [7, 11) is 1.66. The van der Waals surface area contributed by atoms with Crippen molar-refractivity contribution in [2.75, 3.05) is 39.8 Å². The third kappa shape index (κ3) is 6.07. The molecule has 1 atom stereocenters. The molecule has 1 aliphatic heterocycles. The largest absolute Gasteiger partial charge is 0.461 e. The van der Waals surface area contributed by atoms with E-state index in [1.807, 2.05) is 4.90 Å². The van der Waals surface area contributed by atoms with Crippen LogP contribution in [0.2, 0.25) is 0 Å². The van der Waals surface area contributed by atoms with E-state index in [0.29, 0.717) is 62.5 Å². The number of H-pyrrole nitrogens is 1. The molecule has 2 aromatic heterocycles. The first kappa shape index (κ1) is 23.4. The van der Waals surface area contributed by atoms with Gasteiger partial charge in [0.1, 0.15) is 11.9 Å². The van der Waals surface area contributed by atoms with Crippen molar-refractivity contribution in [1.82, 2.24) is 30.3 Å². The topological polar surface area (TPSA) is 85.6 Å². The summed E-state index contributed by atoms with van der Waals surface area (Å²) in [6, 6.07) is 2.12. The predicted octanol–water partition coefficient (Wildman–Crippen LogP) is 2.37. The lowest BCUT2D eigenvalue weighted by Crippen LogP contribution is -2.56. The van der Waals surface area contributed by atoms with Crippen molar-refractivity contribution in [2.24, 2.45) is 4.99 Å². The second kappa shape index (κ2) is 10.3. The molecule has 3 rings (SSSR count). The summed E-state index contributed by atoms with van der Waals surface area (Å²) in [6.45, 7) is 3.44. The maximum Gasteiger partial charge on any atom is 0.403 e. The molecule has 2 N–H and O–H groups in total. The standard InChI is InChI=1S/C17H24F3N7O.HI/c1-12(17(18,19)20)26-7-9-27(10-8-26)16(21-2)22-6-5-14-23-15(25-24-14)13-4-3-11-28-13;/h3-4,11-12H,5-10H2,1-2H3,(H,21,22)(H,23,24,25);1H. The van der Waals surface area contributed by atoms with Crippen LogP contribution in [-0.2, 0) is 6.42 Å². The molecule has 0 aromatic carbocycles. The molecule has 2 aromatic rings. The van der Waals surface area contributed by atoms with Crippen LogP contribution >= 0.6 is 24.0 Å². The molecule has 0 radical (unpaired) electrons. The molecule has 0 spiro atoms. The van der Waals surface area contributed by atoms with E-state index in [4.69, 9.17) is 4.42 Å². The van der Waals surface area contributed by atoms with E-state index in [1.54, 1.807) is 25.4 Å². The summed E-state index contributed by atoms with van der Waals surface area (Å²) in [4.78, 5) is 12.0. The molecule has 12 heteroatoms. The second-order valence-electron chi connectivity index (χ2n) is 6.55. The minimum Gasteiger partial charge on any atom is -0.461 e. The minimum absolute atomic E-state index is 0. The number of halogens is 4. The fraction of sp³-hybridized carbons (Fsp3) is 0.588. The van der Waals surface area contributed by atoms with E-state index in [9.17, 15) is 13.2 Å². The highest BCUT2D eigenvalue weighted by Gasteiger charge is 2.41. The molecule has 0 amide bonds. The molecule has 8 nitrogen and oxygen atoms in total. The third-order valence-electron chi connectivity index (χ3n) is 4.77. The molecule has 1 fully saturated rings. The van der Waals surface area contributed by atoms with Gasteiger partial charge in [-0.05, 0) is 19.1 Å². The molecule has 1 saturated heterocycles. The molecule has 3 heterocycles. The molecular formula is C17H25F3IN7O. The van der Waals surface area contributed by atoms with E-state index >= 15 is 0 Å². The van der Waals surface area contributed by atoms with Crippen LogP contribution in [0.25, 0.3) is 11.6 Å². The zero-order chi connectivity index (χ0) is 20.1. The highest BCUT2D eigenvalue weighted by molar-refractivity contribution is 14.0. The van der Waals surface area contributed by atoms with Crippen LogP contribution in [0.15, 0.2) is 27.8 Å². The van der Waals surface area contributed by atoms with Gasteiger partial charge in [-0.25, -0.2) is 4.98 Å². The summed E-state index contributed by atoms with van der Waals surface area (Å²) in [5, 5.41) is 10.2. The number of aromatic amines is 1. The Morgan fingerprint density at radius 2 is 2.07 bits per heavy atom. The molecular weight excluding hydrogens is 502 g/mol. The maximum absolute atomic E-state index is 12.9. The lowest BCUT2D eigenvalue weighted by Gasteiger charge is -2.39. The number of furan rings is 1. The number of hydrogen-bond acceptors (Lipinski definition) is 5. The first-order chi connectivity index (χ1) is 13.4. The number of nitrogens with zero attached hydrogens (tertiary/aromatic N) is 5. The van der Waals surface area contributed by atoms with Gasteiger partial charge in [0, 0.05) is 46.2 Å². The Labute approximate surface area is 184 Å². The monoisotopic (exact) mass is 527 g/mol. The molecule has 0 saturated carbocycles. The first-order valence-electron chi connectivity index (χ1n) is 9.10. The van der Waals surface area contributed by atoms with Crippen molar-refractivity contribution in [3.8, 4) is 11.6 Å². The zero-order valence-corrected chi connectivity index (χ0v) is 18.6. The Bertz CT molecular complexity index is 770. The van der Waals surface area contributed by atoms with Crippen molar-refractivity contribution in [1.29, 1.82) is 0 Å². The van der Waals surface area contributed by atoms with Gasteiger partial charge in [-0.2, -0.15) is 18.3 Å². The summed E-state index contributed by atoms with van der Waals surface area (Å²) >= 11 is 0. The predicted molar refractivity (Wildman–Crippen MR) is 113 cm³/mol. The van der Waals surface area contributed by atoms with Crippen LogP contribution in [0.4, 0.5) is 13.2 Å². The van der Waals surface area contributed by atoms with Crippen molar-refractivity contribution >= 4 is 29.9 Å². The third-order valence-corrected chi connectivity index (χ3v) is 4.77. The Hall–Kier alpha value is -1.83. The van der Waals surface area contributed by atoms with Gasteiger partial charge < -0.3 is 14.6 Å². The number of rotatable bonds is 5. The van der Waals surface area contributed by atoms with Gasteiger partial charge >= 0.3 is 6.18 Å². The zero-order valence-electron chi connectivity index (χ0n) is 16.2. The lowest BCUT2D eigenvalue weighted by molar-refractivity contribution is -0.181. The highest BCUT2D eigenvalue weighted by Crippen LogP contribution is 2.25. The first-order valence-corrected chi connectivity index (χ1v) is 9.10. The number of aromatic nitrogens is 3. The molecule has 1 aliphatic rings. The Morgan fingerprint density at radius 1 is 1.34 bits per heavy atom. The number of hydrogen-bond donors (Lipinski definition) is 2. The fourth-order valence-electron chi connectivity index (χ4n) is 3.08. The Morgan fingerprint density at radius 3 is 2.66 bits per heavy atom. The molecule has 162 valence electrons. The van der Waals surface area contributed by atoms with Crippen LogP contribution in [0.1, 0.15) is 12.7 Å². The van der Waals surface area contributed by atoms with Gasteiger partial charge in [0.05, 0.1) is 6.26 Å². The number of alkyl halides is 3. The second-order valence-corrected chi connectivity index (χ2v) is 6.55. The van der Waals surface area contributed by atoms with Crippen LogP contribution in [0.3, 0.4) is 0 Å². The Kier molecular flexibility index (Phi) is 8.31. The summed E-state index contributed by atoms with van der Waals surface area (Å²) in [6.07, 6.45) is -2.04. The van der Waals surface area contributed by atoms with Gasteiger partial charge in [-0.3, -0.25) is 15.0 Å². The Balaban J connectivity index is 0.00000300. The number of piperazine rings is 1. The highest BCUT2D eigenvalue weighted by atomic mass is 127. The van der Waals surface area contributed by atoms with E-state index in [2.05, 4.69) is 25.5 Å². The summed E-state index contributed by atoms with van der Waals surface area (Å²) in [5.74, 6) is 2.47.